The van der Waals surface area contributed by atoms with Gasteiger partial charge in [0.25, 0.3) is 0 Å². The van der Waals surface area contributed by atoms with Crippen LogP contribution in [-0.4, -0.2) is 26.1 Å². The number of nitrogens with zero attached hydrogens (tertiary/aromatic N) is 4. The molecular formula is C8H11N5O. The molecular weight excluding hydrogens is 182 g/mol. The minimum Gasteiger partial charge on any atom is -0.476 e. The Morgan fingerprint density at radius 1 is 1.50 bits per heavy atom. The van der Waals surface area contributed by atoms with Gasteiger partial charge in [0.2, 0.25) is 11.8 Å². The lowest BCUT2D eigenvalue weighted by molar-refractivity contribution is 0.330. The lowest BCUT2D eigenvalue weighted by Gasteiger charge is -2.04. The van der Waals surface area contributed by atoms with E-state index in [2.05, 4.69) is 15.0 Å². The first-order valence-corrected chi connectivity index (χ1v) is 4.29. The van der Waals surface area contributed by atoms with E-state index in [4.69, 9.17) is 10.5 Å². The fraction of sp³-hybridized carbons (Fsp3) is 0.375. The second-order valence-corrected chi connectivity index (χ2v) is 2.85. The van der Waals surface area contributed by atoms with Crippen molar-refractivity contribution in [3.8, 4) is 5.88 Å². The molecule has 2 aromatic heterocycles. The summed E-state index contributed by atoms with van der Waals surface area (Å²) in [4.78, 5) is 12.1. The number of nitrogen functional groups attached to an aromatic ring is 1. The lowest BCUT2D eigenvalue weighted by atomic mass is 10.5. The Labute approximate surface area is 80.7 Å². The van der Waals surface area contributed by atoms with Crippen molar-refractivity contribution < 1.29 is 4.74 Å². The summed E-state index contributed by atoms with van der Waals surface area (Å²) in [5, 5.41) is 0. The van der Waals surface area contributed by atoms with E-state index in [1.54, 1.807) is 10.9 Å². The monoisotopic (exact) mass is 193 g/mol. The van der Waals surface area contributed by atoms with E-state index in [0.717, 1.165) is 5.52 Å². The molecule has 74 valence electrons. The maximum Gasteiger partial charge on any atom is 0.245 e. The van der Waals surface area contributed by atoms with Gasteiger partial charge in [-0.2, -0.15) is 9.97 Å². The Kier molecular flexibility index (Phi) is 1.95. The molecule has 0 radical (unpaired) electrons. The van der Waals surface area contributed by atoms with Crippen LogP contribution in [0.5, 0.6) is 5.88 Å². The van der Waals surface area contributed by atoms with Crippen LogP contribution in [0.4, 0.5) is 5.95 Å². The van der Waals surface area contributed by atoms with Crippen molar-refractivity contribution in [3.63, 3.8) is 0 Å². The van der Waals surface area contributed by atoms with Gasteiger partial charge in [-0.3, -0.25) is 0 Å². The van der Waals surface area contributed by atoms with Gasteiger partial charge >= 0.3 is 0 Å². The maximum atomic E-state index is 5.51. The maximum absolute atomic E-state index is 5.51. The molecule has 6 heteroatoms. The number of anilines is 1. The number of aromatic nitrogens is 4. The molecule has 0 fully saturated rings. The highest BCUT2D eigenvalue weighted by atomic mass is 16.5. The summed E-state index contributed by atoms with van der Waals surface area (Å²) >= 11 is 0. The SMILES string of the molecule is CCOc1nc(N)nc2ncn(C)c12. The molecule has 6 nitrogen and oxygen atoms in total. The van der Waals surface area contributed by atoms with Gasteiger partial charge in [-0.25, -0.2) is 4.98 Å². The van der Waals surface area contributed by atoms with Crippen molar-refractivity contribution in [2.45, 2.75) is 6.92 Å². The second-order valence-electron chi connectivity index (χ2n) is 2.85. The topological polar surface area (TPSA) is 78.8 Å². The zero-order valence-corrected chi connectivity index (χ0v) is 8.06. The van der Waals surface area contributed by atoms with Crippen LogP contribution in [0.25, 0.3) is 11.2 Å². The molecule has 2 heterocycles. The molecule has 0 spiro atoms. The number of aryl methyl sites for hydroxylation is 1. The van der Waals surface area contributed by atoms with E-state index in [9.17, 15) is 0 Å². The van der Waals surface area contributed by atoms with Crippen LogP contribution < -0.4 is 10.5 Å². The van der Waals surface area contributed by atoms with E-state index in [0.29, 0.717) is 18.1 Å². The first-order valence-electron chi connectivity index (χ1n) is 4.29. The quantitative estimate of drug-likeness (QED) is 0.744. The summed E-state index contributed by atoms with van der Waals surface area (Å²) in [7, 11) is 1.86. The Balaban J connectivity index is 2.70. The standard InChI is InChI=1S/C8H11N5O/c1-3-14-7-5-6(10-4-13(5)2)11-8(9)12-7/h4H,3H2,1-2H3,(H2,9,11,12). The van der Waals surface area contributed by atoms with Crippen LogP contribution in [0.1, 0.15) is 6.92 Å². The van der Waals surface area contributed by atoms with Crippen LogP contribution >= 0.6 is 0 Å². The van der Waals surface area contributed by atoms with Crippen molar-refractivity contribution >= 4 is 17.1 Å². The third-order valence-electron chi connectivity index (χ3n) is 1.84. The second kappa shape index (κ2) is 3.13. The summed E-state index contributed by atoms with van der Waals surface area (Å²) in [6.07, 6.45) is 1.65. The summed E-state index contributed by atoms with van der Waals surface area (Å²) in [6, 6.07) is 0. The molecule has 0 atom stereocenters. The van der Waals surface area contributed by atoms with Crippen molar-refractivity contribution in [3.05, 3.63) is 6.33 Å². The van der Waals surface area contributed by atoms with Gasteiger partial charge in [0.15, 0.2) is 11.2 Å². The molecule has 0 aliphatic rings. The Hall–Kier alpha value is -1.85. The Morgan fingerprint density at radius 3 is 3.00 bits per heavy atom. The van der Waals surface area contributed by atoms with Gasteiger partial charge in [0.05, 0.1) is 12.9 Å². The Bertz CT molecular complexity index is 464. The molecule has 0 amide bonds. The van der Waals surface area contributed by atoms with Gasteiger partial charge in [-0.15, -0.1) is 0 Å². The molecule has 2 aromatic rings. The lowest BCUT2D eigenvalue weighted by Crippen LogP contribution is -2.02. The number of hydrogen-bond acceptors (Lipinski definition) is 5. The zero-order valence-electron chi connectivity index (χ0n) is 8.06. The fourth-order valence-electron chi connectivity index (χ4n) is 1.27. The Morgan fingerprint density at radius 2 is 2.29 bits per heavy atom. The van der Waals surface area contributed by atoms with E-state index < -0.39 is 0 Å². The third-order valence-corrected chi connectivity index (χ3v) is 1.84. The van der Waals surface area contributed by atoms with Gasteiger partial charge in [-0.05, 0) is 6.92 Å². The summed E-state index contributed by atoms with van der Waals surface area (Å²) < 4.78 is 7.15. The number of fused-ring (bicyclic) bond motifs is 1. The number of hydrogen-bond donors (Lipinski definition) is 1. The first kappa shape index (κ1) is 8.74. The smallest absolute Gasteiger partial charge is 0.245 e. The third kappa shape index (κ3) is 1.24. The van der Waals surface area contributed by atoms with E-state index in [-0.39, 0.29) is 5.95 Å². The molecule has 0 aliphatic carbocycles. The molecule has 0 aromatic carbocycles. The van der Waals surface area contributed by atoms with Crippen LogP contribution in [0.15, 0.2) is 6.33 Å². The molecule has 0 bridgehead atoms. The van der Waals surface area contributed by atoms with Crippen molar-refractivity contribution in [1.82, 2.24) is 19.5 Å². The summed E-state index contributed by atoms with van der Waals surface area (Å²) in [5.74, 6) is 0.662. The average molecular weight is 193 g/mol. The van der Waals surface area contributed by atoms with E-state index in [1.807, 2.05) is 14.0 Å². The average Bonchev–Trinajstić information content (AvgIpc) is 2.48. The number of ether oxygens (including phenoxy) is 1. The van der Waals surface area contributed by atoms with Gasteiger partial charge < -0.3 is 15.0 Å². The predicted octanol–water partition coefficient (Wildman–Crippen LogP) is 0.344. The number of imidazole rings is 1. The minimum absolute atomic E-state index is 0.180. The number of rotatable bonds is 2. The normalized spacial score (nSPS) is 10.7. The van der Waals surface area contributed by atoms with Crippen molar-refractivity contribution in [2.75, 3.05) is 12.3 Å². The minimum atomic E-state index is 0.180. The zero-order chi connectivity index (χ0) is 10.1. The van der Waals surface area contributed by atoms with Crippen LogP contribution in [0.2, 0.25) is 0 Å². The molecule has 2 N–H and O–H groups in total. The van der Waals surface area contributed by atoms with E-state index in [1.165, 1.54) is 0 Å². The molecule has 0 unspecified atom stereocenters. The predicted molar refractivity (Wildman–Crippen MR) is 51.9 cm³/mol. The largest absolute Gasteiger partial charge is 0.476 e. The highest BCUT2D eigenvalue weighted by molar-refractivity contribution is 5.77. The highest BCUT2D eigenvalue weighted by Gasteiger charge is 2.11. The molecule has 0 aliphatic heterocycles. The van der Waals surface area contributed by atoms with Crippen molar-refractivity contribution in [2.24, 2.45) is 7.05 Å². The highest BCUT2D eigenvalue weighted by Crippen LogP contribution is 2.21. The molecule has 0 saturated carbocycles. The van der Waals surface area contributed by atoms with E-state index >= 15 is 0 Å². The molecule has 2 rings (SSSR count). The van der Waals surface area contributed by atoms with Crippen LogP contribution in [-0.2, 0) is 7.05 Å². The first-order chi connectivity index (χ1) is 6.72. The van der Waals surface area contributed by atoms with Gasteiger partial charge in [0.1, 0.15) is 0 Å². The van der Waals surface area contributed by atoms with Gasteiger partial charge in [0, 0.05) is 7.05 Å². The number of nitrogens with two attached hydrogens (primary N) is 1. The van der Waals surface area contributed by atoms with Crippen LogP contribution in [0, 0.1) is 0 Å². The van der Waals surface area contributed by atoms with Crippen molar-refractivity contribution in [1.29, 1.82) is 0 Å². The fourth-order valence-corrected chi connectivity index (χ4v) is 1.27. The summed E-state index contributed by atoms with van der Waals surface area (Å²) in [5.41, 5.74) is 6.84. The molecule has 14 heavy (non-hydrogen) atoms. The molecule has 0 saturated heterocycles. The van der Waals surface area contributed by atoms with Crippen LogP contribution in [0.3, 0.4) is 0 Å². The van der Waals surface area contributed by atoms with Gasteiger partial charge in [-0.1, -0.05) is 0 Å². The summed E-state index contributed by atoms with van der Waals surface area (Å²) in [6.45, 7) is 2.43.